The van der Waals surface area contributed by atoms with Crippen molar-refractivity contribution in [1.29, 1.82) is 0 Å². The third-order valence-electron chi connectivity index (χ3n) is 3.98. The van der Waals surface area contributed by atoms with Gasteiger partial charge in [-0.1, -0.05) is 27.7 Å². The molecule has 2 atom stereocenters. The molecule has 2 nitrogen and oxygen atoms in total. The van der Waals surface area contributed by atoms with Crippen LogP contribution in [0.25, 0.3) is 0 Å². The van der Waals surface area contributed by atoms with E-state index in [0.29, 0.717) is 11.5 Å². The molecule has 1 saturated carbocycles. The molecule has 0 spiro atoms. The van der Waals surface area contributed by atoms with Crippen LogP contribution in [-0.2, 0) is 0 Å². The summed E-state index contributed by atoms with van der Waals surface area (Å²) in [6.07, 6.45) is 5.45. The van der Waals surface area contributed by atoms with E-state index in [-0.39, 0.29) is 6.10 Å². The van der Waals surface area contributed by atoms with Gasteiger partial charge in [0.05, 0.1) is 6.10 Å². The van der Waals surface area contributed by atoms with Gasteiger partial charge in [0, 0.05) is 6.04 Å². The first-order chi connectivity index (χ1) is 7.51. The summed E-state index contributed by atoms with van der Waals surface area (Å²) in [6, 6.07) is 0.566. The van der Waals surface area contributed by atoms with E-state index in [1.54, 1.807) is 0 Å². The highest BCUT2D eigenvalue weighted by Gasteiger charge is 2.38. The highest BCUT2D eigenvalue weighted by atomic mass is 16.3. The van der Waals surface area contributed by atoms with Crippen LogP contribution in [-0.4, -0.2) is 35.2 Å². The van der Waals surface area contributed by atoms with Crippen molar-refractivity contribution in [1.82, 2.24) is 4.90 Å². The molecule has 0 aromatic carbocycles. The Morgan fingerprint density at radius 2 is 1.75 bits per heavy atom. The highest BCUT2D eigenvalue weighted by molar-refractivity contribution is 4.92. The number of rotatable bonds is 5. The zero-order chi connectivity index (χ0) is 12.2. The molecule has 16 heavy (non-hydrogen) atoms. The second-order valence-electron chi connectivity index (χ2n) is 5.97. The van der Waals surface area contributed by atoms with E-state index >= 15 is 0 Å². The Hall–Kier alpha value is -0.0800. The van der Waals surface area contributed by atoms with Crippen LogP contribution in [0.5, 0.6) is 0 Å². The van der Waals surface area contributed by atoms with Gasteiger partial charge >= 0.3 is 0 Å². The summed E-state index contributed by atoms with van der Waals surface area (Å²) in [5.41, 5.74) is 0.365. The molecule has 0 amide bonds. The van der Waals surface area contributed by atoms with E-state index in [1.165, 1.54) is 25.9 Å². The standard InChI is InChI=1S/C14H29NO/c1-5-9-15(10-6-2)13-11-12(16)7-8-14(13,3)4/h12-13,16H,5-11H2,1-4H3. The minimum Gasteiger partial charge on any atom is -0.393 e. The highest BCUT2D eigenvalue weighted by Crippen LogP contribution is 2.38. The first-order valence-electron chi connectivity index (χ1n) is 6.93. The summed E-state index contributed by atoms with van der Waals surface area (Å²) in [6.45, 7) is 11.6. The summed E-state index contributed by atoms with van der Waals surface area (Å²) in [4.78, 5) is 2.60. The van der Waals surface area contributed by atoms with Crippen LogP contribution in [0.1, 0.15) is 59.8 Å². The Bertz CT molecular complexity index is 197. The molecule has 1 N–H and O–H groups in total. The molecule has 0 saturated heterocycles. The number of hydrogen-bond donors (Lipinski definition) is 1. The number of nitrogens with zero attached hydrogens (tertiary/aromatic N) is 1. The van der Waals surface area contributed by atoms with Crippen molar-refractivity contribution >= 4 is 0 Å². The first-order valence-corrected chi connectivity index (χ1v) is 6.93. The lowest BCUT2D eigenvalue weighted by Crippen LogP contribution is -2.50. The first kappa shape index (κ1) is 14.0. The second-order valence-corrected chi connectivity index (χ2v) is 5.97. The second kappa shape index (κ2) is 6.02. The molecule has 1 aliphatic rings. The predicted molar refractivity (Wildman–Crippen MR) is 69.6 cm³/mol. The molecule has 0 aromatic rings. The van der Waals surface area contributed by atoms with Crippen LogP contribution in [0.2, 0.25) is 0 Å². The van der Waals surface area contributed by atoms with E-state index < -0.39 is 0 Å². The molecule has 0 aliphatic heterocycles. The van der Waals surface area contributed by atoms with E-state index in [4.69, 9.17) is 0 Å². The lowest BCUT2D eigenvalue weighted by Gasteiger charge is -2.47. The average Bonchev–Trinajstić information content (AvgIpc) is 2.22. The van der Waals surface area contributed by atoms with Crippen molar-refractivity contribution in [2.45, 2.75) is 71.9 Å². The Kier molecular flexibility index (Phi) is 5.26. The fourth-order valence-electron chi connectivity index (χ4n) is 3.04. The van der Waals surface area contributed by atoms with Gasteiger partial charge in [0.1, 0.15) is 0 Å². The van der Waals surface area contributed by atoms with Crippen LogP contribution >= 0.6 is 0 Å². The van der Waals surface area contributed by atoms with Crippen molar-refractivity contribution in [2.75, 3.05) is 13.1 Å². The maximum Gasteiger partial charge on any atom is 0.0555 e. The van der Waals surface area contributed by atoms with Crippen molar-refractivity contribution < 1.29 is 5.11 Å². The van der Waals surface area contributed by atoms with E-state index in [1.807, 2.05) is 0 Å². The topological polar surface area (TPSA) is 23.5 Å². The molecule has 2 heteroatoms. The van der Waals surface area contributed by atoms with Crippen molar-refractivity contribution in [3.05, 3.63) is 0 Å². The van der Waals surface area contributed by atoms with Crippen molar-refractivity contribution in [2.24, 2.45) is 5.41 Å². The zero-order valence-corrected chi connectivity index (χ0v) is 11.5. The largest absolute Gasteiger partial charge is 0.393 e. The van der Waals surface area contributed by atoms with Gasteiger partial charge in [-0.2, -0.15) is 0 Å². The van der Waals surface area contributed by atoms with Gasteiger partial charge in [0.15, 0.2) is 0 Å². The average molecular weight is 227 g/mol. The van der Waals surface area contributed by atoms with E-state index in [2.05, 4.69) is 32.6 Å². The molecule has 0 aromatic heterocycles. The van der Waals surface area contributed by atoms with Gasteiger partial charge in [0.25, 0.3) is 0 Å². The molecule has 2 unspecified atom stereocenters. The Morgan fingerprint density at radius 1 is 1.19 bits per heavy atom. The zero-order valence-electron chi connectivity index (χ0n) is 11.5. The molecule has 96 valence electrons. The van der Waals surface area contributed by atoms with Crippen LogP contribution in [0.3, 0.4) is 0 Å². The molecule has 1 aliphatic carbocycles. The quantitative estimate of drug-likeness (QED) is 0.780. The summed E-state index contributed by atoms with van der Waals surface area (Å²) in [7, 11) is 0. The molecule has 1 rings (SSSR count). The van der Waals surface area contributed by atoms with Crippen LogP contribution < -0.4 is 0 Å². The van der Waals surface area contributed by atoms with Crippen LogP contribution in [0, 0.1) is 5.41 Å². The minimum absolute atomic E-state index is 0.0748. The van der Waals surface area contributed by atoms with Gasteiger partial charge < -0.3 is 5.11 Å². The van der Waals surface area contributed by atoms with Crippen molar-refractivity contribution in [3.63, 3.8) is 0 Å². The van der Waals surface area contributed by atoms with Gasteiger partial charge in [0.2, 0.25) is 0 Å². The van der Waals surface area contributed by atoms with Gasteiger partial charge in [-0.25, -0.2) is 0 Å². The molecule has 0 radical (unpaired) electrons. The molecular formula is C14H29NO. The summed E-state index contributed by atoms with van der Waals surface area (Å²) in [5, 5.41) is 9.87. The predicted octanol–water partition coefficient (Wildman–Crippen LogP) is 3.05. The minimum atomic E-state index is -0.0748. The maximum atomic E-state index is 9.87. The van der Waals surface area contributed by atoms with E-state index in [0.717, 1.165) is 19.3 Å². The molecule has 0 heterocycles. The Balaban J connectivity index is 2.70. The third-order valence-corrected chi connectivity index (χ3v) is 3.98. The normalized spacial score (nSPS) is 29.6. The SMILES string of the molecule is CCCN(CCC)C1CC(O)CCC1(C)C. The molecular weight excluding hydrogens is 198 g/mol. The van der Waals surface area contributed by atoms with Crippen molar-refractivity contribution in [3.8, 4) is 0 Å². The fourth-order valence-corrected chi connectivity index (χ4v) is 3.04. The monoisotopic (exact) mass is 227 g/mol. The maximum absolute atomic E-state index is 9.87. The molecule has 1 fully saturated rings. The Labute approximate surface area is 101 Å². The number of aliphatic hydroxyl groups is 1. The lowest BCUT2D eigenvalue weighted by molar-refractivity contribution is -0.0116. The van der Waals surface area contributed by atoms with Crippen LogP contribution in [0.4, 0.5) is 0 Å². The fraction of sp³-hybridized carbons (Fsp3) is 1.00. The van der Waals surface area contributed by atoms with Gasteiger partial charge in [-0.05, 0) is 50.6 Å². The molecule has 0 bridgehead atoms. The number of hydrogen-bond acceptors (Lipinski definition) is 2. The Morgan fingerprint density at radius 3 is 2.25 bits per heavy atom. The third kappa shape index (κ3) is 3.46. The lowest BCUT2D eigenvalue weighted by atomic mass is 9.71. The van der Waals surface area contributed by atoms with Gasteiger partial charge in [-0.15, -0.1) is 0 Å². The van der Waals surface area contributed by atoms with Crippen LogP contribution in [0.15, 0.2) is 0 Å². The summed E-state index contributed by atoms with van der Waals surface area (Å²) >= 11 is 0. The smallest absolute Gasteiger partial charge is 0.0555 e. The summed E-state index contributed by atoms with van der Waals surface area (Å²) < 4.78 is 0. The summed E-state index contributed by atoms with van der Waals surface area (Å²) in [5.74, 6) is 0. The number of aliphatic hydroxyl groups excluding tert-OH is 1. The van der Waals surface area contributed by atoms with Gasteiger partial charge in [-0.3, -0.25) is 4.90 Å². The van der Waals surface area contributed by atoms with E-state index in [9.17, 15) is 5.11 Å².